The molecule has 1 aromatic carbocycles. The van der Waals surface area contributed by atoms with Crippen LogP contribution < -0.4 is 4.72 Å². The molecule has 0 bridgehead atoms. The third-order valence-corrected chi connectivity index (χ3v) is 6.65. The molecule has 0 aliphatic heterocycles. The molecule has 112 valence electrons. The molecule has 1 fully saturated rings. The largest absolute Gasteiger partial charge is 0.241 e. The van der Waals surface area contributed by atoms with E-state index in [0.29, 0.717) is 10.9 Å². The van der Waals surface area contributed by atoms with Crippen LogP contribution in [0.4, 0.5) is 4.39 Å². The van der Waals surface area contributed by atoms with Gasteiger partial charge in [0, 0.05) is 10.9 Å². The molecule has 0 atom stereocenters. The zero-order valence-corrected chi connectivity index (χ0v) is 13.9. The minimum absolute atomic E-state index is 0.0309. The van der Waals surface area contributed by atoms with Gasteiger partial charge in [-0.25, -0.2) is 17.5 Å². The molecular formula is C14H19BrFNO2S. The highest BCUT2D eigenvalue weighted by Gasteiger charge is 2.36. The smallest absolute Gasteiger partial charge is 0.207 e. The van der Waals surface area contributed by atoms with Gasteiger partial charge in [-0.2, -0.15) is 0 Å². The SMILES string of the molecule is Cc1ccc(F)cc1S(=O)(=O)NC1(CBr)CCCCC1. The number of halogens is 2. The summed E-state index contributed by atoms with van der Waals surface area (Å²) in [5.41, 5.74) is 0.106. The van der Waals surface area contributed by atoms with Crippen LogP contribution in [0.5, 0.6) is 0 Å². The van der Waals surface area contributed by atoms with E-state index < -0.39 is 21.4 Å². The Hall–Kier alpha value is -0.460. The number of nitrogens with one attached hydrogen (secondary N) is 1. The molecule has 0 spiro atoms. The minimum Gasteiger partial charge on any atom is -0.207 e. The van der Waals surface area contributed by atoms with Gasteiger partial charge >= 0.3 is 0 Å². The maximum Gasteiger partial charge on any atom is 0.241 e. The Morgan fingerprint density at radius 1 is 1.30 bits per heavy atom. The second kappa shape index (κ2) is 6.12. The van der Waals surface area contributed by atoms with Gasteiger partial charge in [-0.1, -0.05) is 41.3 Å². The van der Waals surface area contributed by atoms with Crippen molar-refractivity contribution in [2.24, 2.45) is 0 Å². The Kier molecular flexibility index (Phi) is 4.87. The van der Waals surface area contributed by atoms with Crippen molar-refractivity contribution in [3.8, 4) is 0 Å². The van der Waals surface area contributed by atoms with Crippen LogP contribution in [0.25, 0.3) is 0 Å². The van der Waals surface area contributed by atoms with E-state index in [1.807, 2.05) is 0 Å². The fourth-order valence-corrected chi connectivity index (χ4v) is 5.30. The van der Waals surface area contributed by atoms with Gasteiger partial charge in [0.25, 0.3) is 0 Å². The first-order valence-corrected chi connectivity index (χ1v) is 9.35. The van der Waals surface area contributed by atoms with E-state index in [1.165, 1.54) is 12.1 Å². The van der Waals surface area contributed by atoms with Crippen LogP contribution in [0, 0.1) is 12.7 Å². The van der Waals surface area contributed by atoms with Gasteiger partial charge in [0.05, 0.1) is 4.90 Å². The molecule has 20 heavy (non-hydrogen) atoms. The van der Waals surface area contributed by atoms with E-state index >= 15 is 0 Å². The number of hydrogen-bond donors (Lipinski definition) is 1. The molecule has 0 radical (unpaired) electrons. The number of sulfonamides is 1. The maximum absolute atomic E-state index is 13.3. The van der Waals surface area contributed by atoms with Crippen molar-refractivity contribution in [3.05, 3.63) is 29.6 Å². The first-order valence-electron chi connectivity index (χ1n) is 6.75. The van der Waals surface area contributed by atoms with Crippen molar-refractivity contribution in [2.75, 3.05) is 5.33 Å². The third kappa shape index (κ3) is 3.40. The highest BCUT2D eigenvalue weighted by atomic mass is 79.9. The summed E-state index contributed by atoms with van der Waals surface area (Å²) in [6.45, 7) is 1.68. The lowest BCUT2D eigenvalue weighted by atomic mass is 9.84. The lowest BCUT2D eigenvalue weighted by Crippen LogP contribution is -2.51. The predicted molar refractivity (Wildman–Crippen MR) is 81.1 cm³/mol. The normalized spacial score (nSPS) is 18.9. The molecule has 2 rings (SSSR count). The molecule has 0 saturated heterocycles. The molecule has 0 unspecified atom stereocenters. The van der Waals surface area contributed by atoms with E-state index in [9.17, 15) is 12.8 Å². The van der Waals surface area contributed by atoms with Crippen molar-refractivity contribution < 1.29 is 12.8 Å². The zero-order valence-electron chi connectivity index (χ0n) is 11.5. The molecule has 1 saturated carbocycles. The van der Waals surface area contributed by atoms with Gasteiger partial charge in [0.2, 0.25) is 10.0 Å². The summed E-state index contributed by atoms with van der Waals surface area (Å²) in [6, 6.07) is 3.85. The molecule has 3 nitrogen and oxygen atoms in total. The quantitative estimate of drug-likeness (QED) is 0.831. The summed E-state index contributed by atoms with van der Waals surface area (Å²) in [5.74, 6) is -0.535. The number of benzene rings is 1. The summed E-state index contributed by atoms with van der Waals surface area (Å²) >= 11 is 3.43. The van der Waals surface area contributed by atoms with Crippen molar-refractivity contribution in [1.82, 2.24) is 4.72 Å². The van der Waals surface area contributed by atoms with Gasteiger partial charge < -0.3 is 0 Å². The molecule has 6 heteroatoms. The Bertz CT molecular complexity index is 583. The Morgan fingerprint density at radius 3 is 2.55 bits per heavy atom. The molecule has 0 amide bonds. The summed E-state index contributed by atoms with van der Waals surface area (Å²) in [7, 11) is -3.70. The Balaban J connectivity index is 2.32. The molecular weight excluding hydrogens is 345 g/mol. The summed E-state index contributed by atoms with van der Waals surface area (Å²) in [6.07, 6.45) is 4.78. The average molecular weight is 364 g/mol. The van der Waals surface area contributed by atoms with Crippen LogP contribution in [-0.2, 0) is 10.0 Å². The van der Waals surface area contributed by atoms with E-state index in [1.54, 1.807) is 6.92 Å². The molecule has 1 aromatic rings. The molecule has 0 heterocycles. The fourth-order valence-electron chi connectivity index (χ4n) is 2.69. The lowest BCUT2D eigenvalue weighted by Gasteiger charge is -2.36. The van der Waals surface area contributed by atoms with Crippen LogP contribution in [0.1, 0.15) is 37.7 Å². The van der Waals surface area contributed by atoms with E-state index in [-0.39, 0.29) is 4.90 Å². The predicted octanol–water partition coefficient (Wildman–Crippen LogP) is 3.51. The van der Waals surface area contributed by atoms with Crippen molar-refractivity contribution in [2.45, 2.75) is 49.5 Å². The van der Waals surface area contributed by atoms with E-state index in [4.69, 9.17) is 0 Å². The molecule has 1 N–H and O–H groups in total. The summed E-state index contributed by atoms with van der Waals surface area (Å²) < 4.78 is 41.2. The highest BCUT2D eigenvalue weighted by Crippen LogP contribution is 2.32. The van der Waals surface area contributed by atoms with Gasteiger partial charge in [-0.3, -0.25) is 0 Å². The van der Waals surface area contributed by atoms with Gasteiger partial charge in [-0.05, 0) is 37.5 Å². The number of aryl methyl sites for hydroxylation is 1. The molecule has 1 aliphatic rings. The van der Waals surface area contributed by atoms with Gasteiger partial charge in [-0.15, -0.1) is 0 Å². The van der Waals surface area contributed by atoms with Gasteiger partial charge in [0.1, 0.15) is 5.82 Å². The summed E-state index contributed by atoms with van der Waals surface area (Å²) in [5, 5.41) is 0.577. The Morgan fingerprint density at radius 2 is 1.95 bits per heavy atom. The second-order valence-electron chi connectivity index (χ2n) is 5.49. The monoisotopic (exact) mass is 363 g/mol. The molecule has 0 aromatic heterocycles. The zero-order chi connectivity index (χ0) is 14.8. The first-order chi connectivity index (χ1) is 9.38. The van der Waals surface area contributed by atoms with Crippen LogP contribution in [0.15, 0.2) is 23.1 Å². The average Bonchev–Trinajstić information content (AvgIpc) is 2.42. The summed E-state index contributed by atoms with van der Waals surface area (Å²) in [4.78, 5) is 0.0309. The second-order valence-corrected chi connectivity index (χ2v) is 7.70. The Labute approximate surface area is 128 Å². The number of hydrogen-bond acceptors (Lipinski definition) is 2. The minimum atomic E-state index is -3.70. The fraction of sp³-hybridized carbons (Fsp3) is 0.571. The van der Waals surface area contributed by atoms with Crippen LogP contribution in [-0.4, -0.2) is 19.3 Å². The maximum atomic E-state index is 13.3. The lowest BCUT2D eigenvalue weighted by molar-refractivity contribution is 0.301. The third-order valence-electron chi connectivity index (χ3n) is 3.86. The van der Waals surface area contributed by atoms with Crippen LogP contribution >= 0.6 is 15.9 Å². The molecule has 1 aliphatic carbocycles. The number of rotatable bonds is 4. The van der Waals surface area contributed by atoms with Crippen molar-refractivity contribution in [1.29, 1.82) is 0 Å². The number of alkyl halides is 1. The highest BCUT2D eigenvalue weighted by molar-refractivity contribution is 9.09. The van der Waals surface area contributed by atoms with Gasteiger partial charge in [0.15, 0.2) is 0 Å². The topological polar surface area (TPSA) is 46.2 Å². The van der Waals surface area contributed by atoms with Crippen LogP contribution in [0.2, 0.25) is 0 Å². The standard InChI is InChI=1S/C14H19BrFNO2S/c1-11-5-6-12(16)9-13(11)20(18,19)17-14(10-15)7-3-2-4-8-14/h5-6,9,17H,2-4,7-8,10H2,1H3. The van der Waals surface area contributed by atoms with Crippen molar-refractivity contribution in [3.63, 3.8) is 0 Å². The van der Waals surface area contributed by atoms with E-state index in [0.717, 1.165) is 38.2 Å². The van der Waals surface area contributed by atoms with Crippen molar-refractivity contribution >= 4 is 26.0 Å². The van der Waals surface area contributed by atoms with Crippen LogP contribution in [0.3, 0.4) is 0 Å². The first kappa shape index (κ1) is 15.9. The van der Waals surface area contributed by atoms with E-state index in [2.05, 4.69) is 20.7 Å².